The molecule has 2 saturated heterocycles. The maximum Gasteiger partial charge on any atom is 0.207 e. The highest BCUT2D eigenvalue weighted by molar-refractivity contribution is 6.36. The minimum Gasteiger partial charge on any atom is -0.361 e. The Morgan fingerprint density at radius 3 is 2.45 bits per heavy atom. The minimum absolute atomic E-state index is 0.145. The molecule has 6 nitrogen and oxygen atoms in total. The van der Waals surface area contributed by atoms with Crippen molar-refractivity contribution >= 4 is 40.5 Å². The van der Waals surface area contributed by atoms with Crippen LogP contribution in [-0.2, 0) is 16.0 Å². The first-order valence-corrected chi connectivity index (χ1v) is 12.1. The highest BCUT2D eigenvalue weighted by atomic mass is 35.5. The molecule has 5 rings (SSSR count). The van der Waals surface area contributed by atoms with E-state index in [1.165, 1.54) is 5.56 Å². The summed E-state index contributed by atoms with van der Waals surface area (Å²) in [5.74, 6) is 0. The number of benzene rings is 2. The van der Waals surface area contributed by atoms with Gasteiger partial charge in [-0.1, -0.05) is 46.9 Å². The van der Waals surface area contributed by atoms with E-state index in [1.54, 1.807) is 6.07 Å². The molecule has 2 aromatic carbocycles. The van der Waals surface area contributed by atoms with Crippen molar-refractivity contribution in [2.24, 2.45) is 0 Å². The number of hydrogen-bond donors (Lipinski definition) is 0. The maximum atomic E-state index is 6.58. The van der Waals surface area contributed by atoms with Crippen LogP contribution in [0.2, 0.25) is 15.1 Å². The first-order chi connectivity index (χ1) is 16.0. The van der Waals surface area contributed by atoms with E-state index in [0.29, 0.717) is 10.0 Å². The van der Waals surface area contributed by atoms with Gasteiger partial charge in [0, 0.05) is 49.0 Å². The quantitative estimate of drug-likeness (QED) is 0.422. The van der Waals surface area contributed by atoms with Crippen LogP contribution < -0.4 is 4.90 Å². The highest BCUT2D eigenvalue weighted by Gasteiger charge is 2.31. The summed E-state index contributed by atoms with van der Waals surface area (Å²) < 4.78 is 13.2. The fraction of sp³-hybridized carbons (Fsp3) is 0.375. The van der Waals surface area contributed by atoms with Gasteiger partial charge in [0.15, 0.2) is 6.29 Å². The predicted molar refractivity (Wildman–Crippen MR) is 131 cm³/mol. The Morgan fingerprint density at radius 2 is 1.73 bits per heavy atom. The van der Waals surface area contributed by atoms with Gasteiger partial charge in [-0.2, -0.15) is 0 Å². The summed E-state index contributed by atoms with van der Waals surface area (Å²) in [6.07, 6.45) is 3.33. The van der Waals surface area contributed by atoms with Crippen molar-refractivity contribution in [3.05, 3.63) is 81.3 Å². The molecule has 1 aromatic heterocycles. The lowest BCUT2D eigenvalue weighted by Gasteiger charge is -2.43. The third-order valence-corrected chi connectivity index (χ3v) is 6.93. The van der Waals surface area contributed by atoms with Crippen molar-refractivity contribution in [1.29, 1.82) is 0 Å². The molecular formula is C24H25Cl3N4O2. The summed E-state index contributed by atoms with van der Waals surface area (Å²) >= 11 is 18.9. The molecule has 0 N–H and O–H groups in total. The van der Waals surface area contributed by atoms with Gasteiger partial charge in [0.2, 0.25) is 6.29 Å². The zero-order valence-electron chi connectivity index (χ0n) is 18.2. The van der Waals surface area contributed by atoms with Crippen molar-refractivity contribution < 1.29 is 9.47 Å². The highest BCUT2D eigenvalue weighted by Crippen LogP contribution is 2.37. The molecule has 0 unspecified atom stereocenters. The van der Waals surface area contributed by atoms with Crippen molar-refractivity contribution in [3.8, 4) is 0 Å². The van der Waals surface area contributed by atoms with Crippen LogP contribution in [0.3, 0.4) is 0 Å². The average molecular weight is 508 g/mol. The molecule has 3 heterocycles. The molecule has 2 aliphatic heterocycles. The van der Waals surface area contributed by atoms with Crippen LogP contribution in [0, 0.1) is 0 Å². The smallest absolute Gasteiger partial charge is 0.207 e. The number of nitrogens with zero attached hydrogens (tertiary/aromatic N) is 4. The Labute approximate surface area is 208 Å². The van der Waals surface area contributed by atoms with Crippen LogP contribution >= 0.6 is 34.8 Å². The molecule has 0 saturated carbocycles. The Hall–Kier alpha value is -1.80. The van der Waals surface area contributed by atoms with Crippen LogP contribution in [0.15, 0.2) is 55.0 Å². The monoisotopic (exact) mass is 506 g/mol. The summed E-state index contributed by atoms with van der Waals surface area (Å²) in [5.41, 5.74) is 3.01. The molecule has 9 heteroatoms. The summed E-state index contributed by atoms with van der Waals surface area (Å²) in [6, 6.07) is 13.9. The molecule has 2 fully saturated rings. The van der Waals surface area contributed by atoms with Gasteiger partial charge in [-0.25, -0.2) is 4.98 Å². The number of rotatable bonds is 6. The largest absolute Gasteiger partial charge is 0.361 e. The fourth-order valence-electron chi connectivity index (χ4n) is 4.39. The number of anilines is 1. The van der Waals surface area contributed by atoms with Crippen LogP contribution in [0.25, 0.3) is 0 Å². The van der Waals surface area contributed by atoms with E-state index in [4.69, 9.17) is 44.3 Å². The van der Waals surface area contributed by atoms with Gasteiger partial charge in [0.05, 0.1) is 23.1 Å². The summed E-state index contributed by atoms with van der Waals surface area (Å²) in [7, 11) is 0. The van der Waals surface area contributed by atoms with Crippen LogP contribution in [0.5, 0.6) is 0 Å². The van der Waals surface area contributed by atoms with Crippen molar-refractivity contribution in [2.45, 2.75) is 32.1 Å². The second kappa shape index (κ2) is 9.82. The van der Waals surface area contributed by atoms with Crippen molar-refractivity contribution in [2.75, 3.05) is 31.1 Å². The van der Waals surface area contributed by atoms with E-state index in [0.717, 1.165) is 49.1 Å². The van der Waals surface area contributed by atoms with Gasteiger partial charge in [0.1, 0.15) is 5.69 Å². The van der Waals surface area contributed by atoms with E-state index in [1.807, 2.05) is 43.7 Å². The maximum absolute atomic E-state index is 6.58. The standard InChI is InChI=1S/C24H25Cl3N4O2/c1-16-32-24(33-16)21-13-30(15-28-21)9-8-29-10-11-31(22-7-6-19(26)12-20(22)27)23(14-29)17-2-4-18(25)5-3-17/h2-7,12-13,15-16,23-24H,8-11,14H2,1H3/t16?,23-,24?/m0/s1. The number of aromatic nitrogens is 2. The first kappa shape index (κ1) is 23.0. The van der Waals surface area contributed by atoms with Gasteiger partial charge in [-0.05, 0) is 42.8 Å². The first-order valence-electron chi connectivity index (χ1n) is 11.0. The van der Waals surface area contributed by atoms with Crippen molar-refractivity contribution in [3.63, 3.8) is 0 Å². The average Bonchev–Trinajstić information content (AvgIpc) is 3.25. The Morgan fingerprint density at radius 1 is 0.970 bits per heavy atom. The lowest BCUT2D eigenvalue weighted by molar-refractivity contribution is -0.383. The van der Waals surface area contributed by atoms with Gasteiger partial charge in [0.25, 0.3) is 0 Å². The number of ether oxygens (including phenoxy) is 2. The number of halogens is 3. The second-order valence-corrected chi connectivity index (χ2v) is 9.65. The van der Waals surface area contributed by atoms with Gasteiger partial charge in [-0.3, -0.25) is 4.90 Å². The molecule has 174 valence electrons. The lowest BCUT2D eigenvalue weighted by Crippen LogP contribution is -2.49. The summed E-state index contributed by atoms with van der Waals surface area (Å²) in [5, 5.41) is 2.03. The van der Waals surface area contributed by atoms with E-state index in [-0.39, 0.29) is 18.6 Å². The van der Waals surface area contributed by atoms with Crippen LogP contribution in [-0.4, -0.2) is 46.9 Å². The number of piperazine rings is 1. The van der Waals surface area contributed by atoms with Gasteiger partial charge < -0.3 is 18.9 Å². The topological polar surface area (TPSA) is 42.8 Å². The molecule has 33 heavy (non-hydrogen) atoms. The summed E-state index contributed by atoms with van der Waals surface area (Å²) in [6.45, 7) is 6.27. The van der Waals surface area contributed by atoms with Crippen LogP contribution in [0.1, 0.15) is 30.5 Å². The zero-order chi connectivity index (χ0) is 22.9. The van der Waals surface area contributed by atoms with Gasteiger partial charge in [-0.15, -0.1) is 0 Å². The molecule has 0 radical (unpaired) electrons. The minimum atomic E-state index is -0.344. The predicted octanol–water partition coefficient (Wildman–Crippen LogP) is 5.80. The zero-order valence-corrected chi connectivity index (χ0v) is 20.5. The molecule has 0 aliphatic carbocycles. The molecule has 1 atom stereocenters. The molecule has 0 spiro atoms. The Kier molecular flexibility index (Phi) is 6.84. The van der Waals surface area contributed by atoms with Crippen molar-refractivity contribution in [1.82, 2.24) is 14.5 Å². The number of imidazole rings is 1. The van der Waals surface area contributed by atoms with E-state index < -0.39 is 0 Å². The normalized spacial score (nSPS) is 23.5. The fourth-order valence-corrected chi connectivity index (χ4v) is 5.03. The summed E-state index contributed by atoms with van der Waals surface area (Å²) in [4.78, 5) is 9.26. The molecule has 3 aromatic rings. The molecule has 0 amide bonds. The second-order valence-electron chi connectivity index (χ2n) is 8.37. The SMILES string of the molecule is CC1OC(c2cn(CCN3CCN(c4ccc(Cl)cc4Cl)[C@H](c4ccc(Cl)cc4)C3)cn2)O1. The van der Waals surface area contributed by atoms with Gasteiger partial charge >= 0.3 is 0 Å². The van der Waals surface area contributed by atoms with E-state index in [9.17, 15) is 0 Å². The Balaban J connectivity index is 1.29. The van der Waals surface area contributed by atoms with Crippen LogP contribution in [0.4, 0.5) is 5.69 Å². The third-order valence-electron chi connectivity index (χ3n) is 6.14. The lowest BCUT2D eigenvalue weighted by atomic mass is 10.0. The van der Waals surface area contributed by atoms with E-state index >= 15 is 0 Å². The third kappa shape index (κ3) is 5.16. The number of hydrogen-bond acceptors (Lipinski definition) is 5. The molecule has 2 aliphatic rings. The Bertz CT molecular complexity index is 1100. The molecule has 0 bridgehead atoms. The molecular weight excluding hydrogens is 483 g/mol. The van der Waals surface area contributed by atoms with E-state index in [2.05, 4.69) is 31.5 Å².